The molecule has 0 saturated carbocycles. The van der Waals surface area contributed by atoms with E-state index in [2.05, 4.69) is 29.4 Å². The van der Waals surface area contributed by atoms with Crippen molar-refractivity contribution in [1.29, 1.82) is 0 Å². The first-order valence-corrected chi connectivity index (χ1v) is 6.53. The third-order valence-electron chi connectivity index (χ3n) is 3.63. The summed E-state index contributed by atoms with van der Waals surface area (Å²) in [7, 11) is 0. The zero-order valence-electron chi connectivity index (χ0n) is 10.2. The van der Waals surface area contributed by atoms with Gasteiger partial charge in [-0.3, -0.25) is 4.98 Å². The van der Waals surface area contributed by atoms with Gasteiger partial charge in [0.15, 0.2) is 0 Å². The largest absolute Gasteiger partial charge is 0.307 e. The lowest BCUT2D eigenvalue weighted by atomic mass is 9.82. The third kappa shape index (κ3) is 2.43. The van der Waals surface area contributed by atoms with E-state index in [0.29, 0.717) is 0 Å². The smallest absolute Gasteiger partial charge is 0.0449 e. The van der Waals surface area contributed by atoms with Gasteiger partial charge < -0.3 is 5.32 Å². The molecule has 1 aromatic rings. The summed E-state index contributed by atoms with van der Waals surface area (Å²) in [5.41, 5.74) is 1.57. The molecular weight excluding hydrogens is 196 g/mol. The molecule has 2 heterocycles. The van der Waals surface area contributed by atoms with E-state index in [1.807, 2.05) is 12.4 Å². The minimum atomic E-state index is 0.194. The fourth-order valence-corrected chi connectivity index (χ4v) is 2.82. The first-order valence-electron chi connectivity index (χ1n) is 6.53. The van der Waals surface area contributed by atoms with Crippen LogP contribution >= 0.6 is 0 Å². The van der Waals surface area contributed by atoms with Gasteiger partial charge in [-0.1, -0.05) is 32.3 Å². The molecule has 0 radical (unpaired) electrons. The molecule has 2 rings (SSSR count). The molecule has 16 heavy (non-hydrogen) atoms. The van der Waals surface area contributed by atoms with E-state index >= 15 is 0 Å². The molecule has 2 nitrogen and oxygen atoms in total. The first-order chi connectivity index (χ1) is 7.87. The molecule has 0 aromatic carbocycles. The fourth-order valence-electron chi connectivity index (χ4n) is 2.82. The Hall–Kier alpha value is -0.890. The third-order valence-corrected chi connectivity index (χ3v) is 3.63. The zero-order valence-corrected chi connectivity index (χ0v) is 10.2. The van der Waals surface area contributed by atoms with Gasteiger partial charge in [0.25, 0.3) is 0 Å². The van der Waals surface area contributed by atoms with E-state index in [1.165, 1.54) is 44.1 Å². The lowest BCUT2D eigenvalue weighted by molar-refractivity contribution is 0.296. The van der Waals surface area contributed by atoms with Crippen LogP contribution in [-0.2, 0) is 5.54 Å². The number of pyridine rings is 1. The average Bonchev–Trinajstić information content (AvgIpc) is 2.57. The predicted octanol–water partition coefficient (Wildman–Crippen LogP) is 3.24. The highest BCUT2D eigenvalue weighted by Crippen LogP contribution is 2.33. The van der Waals surface area contributed by atoms with Crippen molar-refractivity contribution in [3.63, 3.8) is 0 Å². The molecule has 1 N–H and O–H groups in total. The molecule has 1 aliphatic rings. The summed E-state index contributed by atoms with van der Waals surface area (Å²) < 4.78 is 0. The van der Waals surface area contributed by atoms with Crippen molar-refractivity contribution >= 4 is 0 Å². The van der Waals surface area contributed by atoms with Gasteiger partial charge in [0.2, 0.25) is 0 Å². The summed E-state index contributed by atoms with van der Waals surface area (Å²) in [6.45, 7) is 3.42. The maximum atomic E-state index is 4.28. The van der Waals surface area contributed by atoms with Gasteiger partial charge in [0.05, 0.1) is 0 Å². The van der Waals surface area contributed by atoms with Crippen LogP contribution in [0.3, 0.4) is 0 Å². The van der Waals surface area contributed by atoms with Gasteiger partial charge in [0, 0.05) is 17.9 Å². The van der Waals surface area contributed by atoms with Crippen LogP contribution in [0.5, 0.6) is 0 Å². The Balaban J connectivity index is 2.26. The number of aromatic nitrogens is 1. The summed E-state index contributed by atoms with van der Waals surface area (Å²) in [5.74, 6) is 0. The van der Waals surface area contributed by atoms with Gasteiger partial charge in [-0.05, 0) is 37.4 Å². The standard InChI is InChI=1S/C14H22N2/c1-2-8-14(9-4-3-5-11-16-14)13-7-6-10-15-12-13/h6-7,10,12,16H,2-5,8-9,11H2,1H3. The Kier molecular flexibility index (Phi) is 3.94. The van der Waals surface area contributed by atoms with Crippen molar-refractivity contribution < 1.29 is 0 Å². The molecule has 0 aliphatic carbocycles. The molecule has 0 amide bonds. The van der Waals surface area contributed by atoms with Crippen LogP contribution in [0.2, 0.25) is 0 Å². The van der Waals surface area contributed by atoms with Gasteiger partial charge in [0.1, 0.15) is 0 Å². The summed E-state index contributed by atoms with van der Waals surface area (Å²) in [6, 6.07) is 4.28. The normalized spacial score (nSPS) is 26.3. The zero-order chi connectivity index (χ0) is 11.3. The Morgan fingerprint density at radius 1 is 1.38 bits per heavy atom. The van der Waals surface area contributed by atoms with Crippen LogP contribution in [0.15, 0.2) is 24.5 Å². The maximum Gasteiger partial charge on any atom is 0.0449 e. The van der Waals surface area contributed by atoms with Crippen molar-refractivity contribution in [1.82, 2.24) is 10.3 Å². The number of nitrogens with zero attached hydrogens (tertiary/aromatic N) is 1. The quantitative estimate of drug-likeness (QED) is 0.842. The minimum Gasteiger partial charge on any atom is -0.307 e. The molecule has 0 bridgehead atoms. The number of hydrogen-bond donors (Lipinski definition) is 1. The lowest BCUT2D eigenvalue weighted by Gasteiger charge is -2.34. The topological polar surface area (TPSA) is 24.9 Å². The van der Waals surface area contributed by atoms with Crippen LogP contribution in [-0.4, -0.2) is 11.5 Å². The van der Waals surface area contributed by atoms with Gasteiger partial charge >= 0.3 is 0 Å². The Morgan fingerprint density at radius 2 is 2.31 bits per heavy atom. The molecular formula is C14H22N2. The second-order valence-electron chi connectivity index (χ2n) is 4.81. The second-order valence-corrected chi connectivity index (χ2v) is 4.81. The summed E-state index contributed by atoms with van der Waals surface area (Å²) >= 11 is 0. The highest BCUT2D eigenvalue weighted by atomic mass is 15.0. The van der Waals surface area contributed by atoms with Gasteiger partial charge in [-0.15, -0.1) is 0 Å². The first kappa shape index (κ1) is 11.6. The molecule has 1 aromatic heterocycles. The van der Waals surface area contributed by atoms with E-state index in [1.54, 1.807) is 0 Å². The molecule has 88 valence electrons. The van der Waals surface area contributed by atoms with Crippen molar-refractivity contribution in [3.05, 3.63) is 30.1 Å². The number of hydrogen-bond acceptors (Lipinski definition) is 2. The van der Waals surface area contributed by atoms with Crippen LogP contribution in [0.25, 0.3) is 0 Å². The van der Waals surface area contributed by atoms with Crippen LogP contribution in [0.4, 0.5) is 0 Å². The molecule has 1 saturated heterocycles. The van der Waals surface area contributed by atoms with Crippen molar-refractivity contribution in [2.24, 2.45) is 0 Å². The fraction of sp³-hybridized carbons (Fsp3) is 0.643. The Morgan fingerprint density at radius 3 is 3.06 bits per heavy atom. The van der Waals surface area contributed by atoms with Crippen molar-refractivity contribution in [2.75, 3.05) is 6.54 Å². The molecule has 1 unspecified atom stereocenters. The summed E-state index contributed by atoms with van der Waals surface area (Å²) in [5, 5.41) is 3.77. The van der Waals surface area contributed by atoms with E-state index in [9.17, 15) is 0 Å². The summed E-state index contributed by atoms with van der Waals surface area (Å²) in [4.78, 5) is 4.28. The van der Waals surface area contributed by atoms with Gasteiger partial charge in [-0.25, -0.2) is 0 Å². The maximum absolute atomic E-state index is 4.28. The van der Waals surface area contributed by atoms with Crippen molar-refractivity contribution in [3.8, 4) is 0 Å². The van der Waals surface area contributed by atoms with E-state index < -0.39 is 0 Å². The highest BCUT2D eigenvalue weighted by molar-refractivity contribution is 5.21. The lowest BCUT2D eigenvalue weighted by Crippen LogP contribution is -2.41. The summed E-state index contributed by atoms with van der Waals surface area (Å²) in [6.07, 6.45) is 11.6. The van der Waals surface area contributed by atoms with Crippen LogP contribution in [0, 0.1) is 0 Å². The van der Waals surface area contributed by atoms with E-state index in [4.69, 9.17) is 0 Å². The molecule has 1 fully saturated rings. The van der Waals surface area contributed by atoms with Gasteiger partial charge in [-0.2, -0.15) is 0 Å². The highest BCUT2D eigenvalue weighted by Gasteiger charge is 2.31. The predicted molar refractivity (Wildman–Crippen MR) is 67.3 cm³/mol. The van der Waals surface area contributed by atoms with Crippen molar-refractivity contribution in [2.45, 2.75) is 51.0 Å². The Labute approximate surface area is 98.5 Å². The van der Waals surface area contributed by atoms with E-state index in [-0.39, 0.29) is 5.54 Å². The monoisotopic (exact) mass is 218 g/mol. The molecule has 1 atom stereocenters. The number of rotatable bonds is 3. The van der Waals surface area contributed by atoms with Crippen LogP contribution in [0.1, 0.15) is 51.0 Å². The minimum absolute atomic E-state index is 0.194. The van der Waals surface area contributed by atoms with Crippen LogP contribution < -0.4 is 5.32 Å². The Bertz CT molecular complexity index is 300. The molecule has 0 spiro atoms. The second kappa shape index (κ2) is 5.44. The van der Waals surface area contributed by atoms with E-state index in [0.717, 1.165) is 6.54 Å². The number of nitrogens with one attached hydrogen (secondary N) is 1. The SMILES string of the molecule is CCCC1(c2cccnc2)CCCCCN1. The average molecular weight is 218 g/mol. The molecule has 2 heteroatoms. The molecule has 1 aliphatic heterocycles.